The van der Waals surface area contributed by atoms with Crippen molar-refractivity contribution in [3.63, 3.8) is 0 Å². The minimum atomic E-state index is 0.489. The van der Waals surface area contributed by atoms with Crippen LogP contribution in [0.1, 0.15) is 48.9 Å². The third-order valence-corrected chi connectivity index (χ3v) is 3.20. The third-order valence-electron chi connectivity index (χ3n) is 3.20. The van der Waals surface area contributed by atoms with Crippen molar-refractivity contribution < 1.29 is 5.11 Å². The Bertz CT molecular complexity index is 340. The van der Waals surface area contributed by atoms with Gasteiger partial charge in [-0.1, -0.05) is 20.3 Å². The molecule has 0 aliphatic rings. The highest BCUT2D eigenvalue weighted by Crippen LogP contribution is 2.29. The second kappa shape index (κ2) is 5.20. The predicted octanol–water partition coefficient (Wildman–Crippen LogP) is 3.91. The fraction of sp³-hybridized carbons (Fsp3) is 0.571. The summed E-state index contributed by atoms with van der Waals surface area (Å²) in [6.45, 7) is 8.57. The Morgan fingerprint density at radius 1 is 1.13 bits per heavy atom. The Balaban J connectivity index is 3.16. The second-order valence-electron chi connectivity index (χ2n) is 4.25. The van der Waals surface area contributed by atoms with Gasteiger partial charge in [0.1, 0.15) is 5.75 Å². The van der Waals surface area contributed by atoms with Crippen molar-refractivity contribution in [2.45, 2.75) is 53.4 Å². The van der Waals surface area contributed by atoms with Crippen molar-refractivity contribution in [1.29, 1.82) is 0 Å². The summed E-state index contributed by atoms with van der Waals surface area (Å²) in [6, 6.07) is 1.90. The van der Waals surface area contributed by atoms with E-state index in [1.807, 2.05) is 6.07 Å². The van der Waals surface area contributed by atoms with E-state index in [0.29, 0.717) is 5.75 Å². The summed E-state index contributed by atoms with van der Waals surface area (Å²) in [6.07, 6.45) is 4.35. The molecule has 0 saturated carbocycles. The number of phenolic OH excluding ortho intramolecular Hbond substituents is 1. The predicted molar refractivity (Wildman–Crippen MR) is 65.6 cm³/mol. The Hall–Kier alpha value is -0.980. The fourth-order valence-corrected chi connectivity index (χ4v) is 2.13. The normalized spacial score (nSPS) is 10.7. The zero-order valence-corrected chi connectivity index (χ0v) is 10.4. The molecule has 84 valence electrons. The van der Waals surface area contributed by atoms with Crippen LogP contribution in [-0.4, -0.2) is 5.11 Å². The number of benzene rings is 1. The molecule has 1 aromatic carbocycles. The quantitative estimate of drug-likeness (QED) is 0.791. The number of phenols is 1. The Labute approximate surface area is 93.1 Å². The van der Waals surface area contributed by atoms with Gasteiger partial charge in [0.05, 0.1) is 0 Å². The highest BCUT2D eigenvalue weighted by atomic mass is 16.3. The van der Waals surface area contributed by atoms with Crippen LogP contribution >= 0.6 is 0 Å². The number of unbranched alkanes of at least 4 members (excludes halogenated alkanes) is 1. The highest BCUT2D eigenvalue weighted by Gasteiger charge is 2.11. The second-order valence-corrected chi connectivity index (χ2v) is 4.25. The SMILES string of the molecule is CCCCc1c(O)cc(C)c(C)c1CC. The lowest BCUT2D eigenvalue weighted by Gasteiger charge is -2.15. The first kappa shape index (κ1) is 12.1. The largest absolute Gasteiger partial charge is 0.508 e. The molecule has 0 unspecified atom stereocenters. The van der Waals surface area contributed by atoms with Gasteiger partial charge >= 0.3 is 0 Å². The molecule has 0 atom stereocenters. The summed E-state index contributed by atoms with van der Waals surface area (Å²) in [4.78, 5) is 0. The molecule has 1 aromatic rings. The number of hydrogen-bond donors (Lipinski definition) is 1. The molecular weight excluding hydrogens is 184 g/mol. The summed E-state index contributed by atoms with van der Waals surface area (Å²) < 4.78 is 0. The molecule has 0 aromatic heterocycles. The molecule has 0 heterocycles. The van der Waals surface area contributed by atoms with Crippen molar-refractivity contribution in [1.82, 2.24) is 0 Å². The molecule has 0 radical (unpaired) electrons. The smallest absolute Gasteiger partial charge is 0.119 e. The van der Waals surface area contributed by atoms with Crippen LogP contribution in [0.2, 0.25) is 0 Å². The molecule has 15 heavy (non-hydrogen) atoms. The van der Waals surface area contributed by atoms with Gasteiger partial charge in [0.2, 0.25) is 0 Å². The zero-order chi connectivity index (χ0) is 11.4. The molecule has 0 spiro atoms. The standard InChI is InChI=1S/C14H22O/c1-5-7-8-13-12(6-2)11(4)10(3)9-14(13)15/h9,15H,5-8H2,1-4H3. The Morgan fingerprint density at radius 2 is 1.80 bits per heavy atom. The van der Waals surface area contributed by atoms with E-state index in [1.165, 1.54) is 28.7 Å². The molecule has 0 aliphatic carbocycles. The lowest BCUT2D eigenvalue weighted by atomic mass is 9.92. The Kier molecular flexibility index (Phi) is 4.19. The van der Waals surface area contributed by atoms with Crippen molar-refractivity contribution in [2.24, 2.45) is 0 Å². The van der Waals surface area contributed by atoms with E-state index in [0.717, 1.165) is 19.3 Å². The molecule has 1 nitrogen and oxygen atoms in total. The van der Waals surface area contributed by atoms with Crippen molar-refractivity contribution in [3.05, 3.63) is 28.3 Å². The maximum atomic E-state index is 9.95. The maximum absolute atomic E-state index is 9.95. The van der Waals surface area contributed by atoms with Crippen LogP contribution in [0.5, 0.6) is 5.75 Å². The molecule has 0 amide bonds. The Morgan fingerprint density at radius 3 is 2.33 bits per heavy atom. The van der Waals surface area contributed by atoms with E-state index in [-0.39, 0.29) is 0 Å². The van der Waals surface area contributed by atoms with Crippen LogP contribution in [-0.2, 0) is 12.8 Å². The van der Waals surface area contributed by atoms with Crippen LogP contribution in [0.4, 0.5) is 0 Å². The molecule has 1 N–H and O–H groups in total. The summed E-state index contributed by atoms with van der Waals surface area (Å²) in [5, 5.41) is 9.95. The fourth-order valence-electron chi connectivity index (χ4n) is 2.13. The van der Waals surface area contributed by atoms with Crippen LogP contribution in [0.25, 0.3) is 0 Å². The van der Waals surface area contributed by atoms with E-state index in [2.05, 4.69) is 27.7 Å². The van der Waals surface area contributed by atoms with E-state index in [1.54, 1.807) is 0 Å². The van der Waals surface area contributed by atoms with E-state index in [4.69, 9.17) is 0 Å². The number of aromatic hydroxyl groups is 1. The molecule has 1 heteroatoms. The van der Waals surface area contributed by atoms with Gasteiger partial charge < -0.3 is 5.11 Å². The van der Waals surface area contributed by atoms with Crippen LogP contribution in [0.15, 0.2) is 6.07 Å². The van der Waals surface area contributed by atoms with Gasteiger partial charge in [0.25, 0.3) is 0 Å². The number of hydrogen-bond acceptors (Lipinski definition) is 1. The molecule has 0 bridgehead atoms. The summed E-state index contributed by atoms with van der Waals surface area (Å²) in [7, 11) is 0. The van der Waals surface area contributed by atoms with Crippen molar-refractivity contribution >= 4 is 0 Å². The topological polar surface area (TPSA) is 20.2 Å². The van der Waals surface area contributed by atoms with Gasteiger partial charge in [-0.3, -0.25) is 0 Å². The summed E-state index contributed by atoms with van der Waals surface area (Å²) >= 11 is 0. The van der Waals surface area contributed by atoms with E-state index < -0.39 is 0 Å². The van der Waals surface area contributed by atoms with Crippen LogP contribution in [0.3, 0.4) is 0 Å². The lowest BCUT2D eigenvalue weighted by Crippen LogP contribution is -1.99. The summed E-state index contributed by atoms with van der Waals surface area (Å²) in [5.41, 5.74) is 5.06. The van der Waals surface area contributed by atoms with Gasteiger partial charge in [-0.25, -0.2) is 0 Å². The van der Waals surface area contributed by atoms with Crippen molar-refractivity contribution in [3.8, 4) is 5.75 Å². The van der Waals surface area contributed by atoms with E-state index >= 15 is 0 Å². The summed E-state index contributed by atoms with van der Waals surface area (Å²) in [5.74, 6) is 0.489. The lowest BCUT2D eigenvalue weighted by molar-refractivity contribution is 0.465. The molecule has 0 fully saturated rings. The monoisotopic (exact) mass is 206 g/mol. The average molecular weight is 206 g/mol. The number of rotatable bonds is 4. The minimum absolute atomic E-state index is 0.489. The maximum Gasteiger partial charge on any atom is 0.119 e. The van der Waals surface area contributed by atoms with Gasteiger partial charge in [-0.05, 0) is 61.4 Å². The first-order valence-electron chi connectivity index (χ1n) is 5.92. The van der Waals surface area contributed by atoms with Crippen LogP contribution < -0.4 is 0 Å². The van der Waals surface area contributed by atoms with Crippen molar-refractivity contribution in [2.75, 3.05) is 0 Å². The van der Waals surface area contributed by atoms with Gasteiger partial charge in [0.15, 0.2) is 0 Å². The number of aryl methyl sites for hydroxylation is 1. The molecule has 0 saturated heterocycles. The third kappa shape index (κ3) is 2.53. The molecule has 1 rings (SSSR count). The molecule has 0 aliphatic heterocycles. The van der Waals surface area contributed by atoms with Crippen LogP contribution in [0, 0.1) is 13.8 Å². The molecular formula is C14H22O. The van der Waals surface area contributed by atoms with Gasteiger partial charge in [0, 0.05) is 0 Å². The van der Waals surface area contributed by atoms with Gasteiger partial charge in [-0.2, -0.15) is 0 Å². The first-order valence-corrected chi connectivity index (χ1v) is 5.92. The highest BCUT2D eigenvalue weighted by molar-refractivity contribution is 5.48. The minimum Gasteiger partial charge on any atom is -0.508 e. The van der Waals surface area contributed by atoms with Gasteiger partial charge in [-0.15, -0.1) is 0 Å². The average Bonchev–Trinajstić information content (AvgIpc) is 2.21. The zero-order valence-electron chi connectivity index (χ0n) is 10.4. The van der Waals surface area contributed by atoms with E-state index in [9.17, 15) is 5.11 Å². The first-order chi connectivity index (χ1) is 7.11.